The largest absolute Gasteiger partial charge is 0.314 e. The molecule has 0 unspecified atom stereocenters. The van der Waals surface area contributed by atoms with Crippen LogP contribution in [-0.2, 0) is 0 Å². The van der Waals surface area contributed by atoms with Crippen molar-refractivity contribution in [1.29, 1.82) is 0 Å². The number of hydrogen-bond donors (Lipinski definition) is 1. The highest BCUT2D eigenvalue weighted by molar-refractivity contribution is 4.89. The van der Waals surface area contributed by atoms with Crippen LogP contribution >= 0.6 is 0 Å². The van der Waals surface area contributed by atoms with E-state index in [-0.39, 0.29) is 0 Å². The lowest BCUT2D eigenvalue weighted by Gasteiger charge is -2.46. The molecule has 0 aromatic heterocycles. The van der Waals surface area contributed by atoms with Crippen molar-refractivity contribution in [2.75, 3.05) is 66.0 Å². The summed E-state index contributed by atoms with van der Waals surface area (Å²) >= 11 is 0. The van der Waals surface area contributed by atoms with Crippen molar-refractivity contribution in [3.8, 4) is 0 Å². The maximum Gasteiger partial charge on any atom is 0.0350 e. The van der Waals surface area contributed by atoms with Crippen LogP contribution in [0.3, 0.4) is 0 Å². The molecule has 0 radical (unpaired) electrons. The van der Waals surface area contributed by atoms with E-state index in [1.54, 1.807) is 0 Å². The molecule has 3 aliphatic rings. The molecular weight excluding hydrogens is 224 g/mol. The fourth-order valence-electron chi connectivity index (χ4n) is 3.66. The molecule has 1 N–H and O–H groups in total. The van der Waals surface area contributed by atoms with Crippen LogP contribution in [0.1, 0.15) is 12.8 Å². The Bertz CT molecular complexity index is 251. The van der Waals surface area contributed by atoms with E-state index in [0.717, 1.165) is 12.0 Å². The lowest BCUT2D eigenvalue weighted by atomic mass is 9.93. The summed E-state index contributed by atoms with van der Waals surface area (Å²) in [6.07, 6.45) is 2.84. The Balaban J connectivity index is 1.37. The van der Waals surface area contributed by atoms with Gasteiger partial charge in [-0.2, -0.15) is 0 Å². The van der Waals surface area contributed by atoms with Crippen molar-refractivity contribution in [1.82, 2.24) is 20.0 Å². The van der Waals surface area contributed by atoms with Gasteiger partial charge in [0.15, 0.2) is 0 Å². The van der Waals surface area contributed by atoms with Crippen molar-refractivity contribution in [3.63, 3.8) is 0 Å². The van der Waals surface area contributed by atoms with Crippen molar-refractivity contribution in [2.24, 2.45) is 5.92 Å². The summed E-state index contributed by atoms with van der Waals surface area (Å²) in [5.41, 5.74) is 0. The molecule has 3 rings (SSSR count). The summed E-state index contributed by atoms with van der Waals surface area (Å²) in [7, 11) is 2.23. The fourth-order valence-corrected chi connectivity index (χ4v) is 3.66. The Morgan fingerprint density at radius 2 is 1.67 bits per heavy atom. The lowest BCUT2D eigenvalue weighted by molar-refractivity contribution is 0.0241. The highest BCUT2D eigenvalue weighted by Crippen LogP contribution is 2.23. The van der Waals surface area contributed by atoms with Crippen LogP contribution in [0.5, 0.6) is 0 Å². The van der Waals surface area contributed by atoms with E-state index in [1.165, 1.54) is 71.7 Å². The Labute approximate surface area is 111 Å². The zero-order valence-electron chi connectivity index (χ0n) is 11.8. The van der Waals surface area contributed by atoms with Gasteiger partial charge in [-0.3, -0.25) is 4.90 Å². The van der Waals surface area contributed by atoms with Crippen molar-refractivity contribution < 1.29 is 0 Å². The SMILES string of the molecule is CN1CC(N2CCC(CN3CCNCC3)CC2)C1. The van der Waals surface area contributed by atoms with E-state index in [1.807, 2.05) is 0 Å². The molecule has 3 aliphatic heterocycles. The lowest BCUT2D eigenvalue weighted by Crippen LogP contribution is -2.59. The van der Waals surface area contributed by atoms with Crippen molar-refractivity contribution in [2.45, 2.75) is 18.9 Å². The smallest absolute Gasteiger partial charge is 0.0350 e. The quantitative estimate of drug-likeness (QED) is 0.758. The molecule has 0 aromatic rings. The number of rotatable bonds is 3. The Morgan fingerprint density at radius 1 is 1.00 bits per heavy atom. The van der Waals surface area contributed by atoms with Crippen LogP contribution in [0.2, 0.25) is 0 Å². The normalized spacial score (nSPS) is 30.5. The van der Waals surface area contributed by atoms with Crippen LogP contribution in [0, 0.1) is 5.92 Å². The second-order valence-corrected chi connectivity index (χ2v) is 6.40. The van der Waals surface area contributed by atoms with Gasteiger partial charge in [-0.25, -0.2) is 0 Å². The predicted molar refractivity (Wildman–Crippen MR) is 74.9 cm³/mol. The van der Waals surface area contributed by atoms with E-state index in [0.29, 0.717) is 0 Å². The molecule has 4 heteroatoms. The minimum atomic E-state index is 0.870. The van der Waals surface area contributed by atoms with Crippen molar-refractivity contribution in [3.05, 3.63) is 0 Å². The minimum absolute atomic E-state index is 0.870. The molecule has 104 valence electrons. The third-order valence-electron chi connectivity index (χ3n) is 4.94. The van der Waals surface area contributed by atoms with Gasteiger partial charge in [-0.05, 0) is 38.9 Å². The fraction of sp³-hybridized carbons (Fsp3) is 1.00. The predicted octanol–water partition coefficient (Wildman–Crippen LogP) is -0.0824. The molecule has 0 amide bonds. The summed E-state index contributed by atoms with van der Waals surface area (Å²) in [5, 5.41) is 3.44. The third kappa shape index (κ3) is 3.05. The topological polar surface area (TPSA) is 21.8 Å². The molecule has 3 fully saturated rings. The first kappa shape index (κ1) is 12.9. The Morgan fingerprint density at radius 3 is 2.28 bits per heavy atom. The summed E-state index contributed by atoms with van der Waals surface area (Å²) in [6, 6.07) is 0.870. The summed E-state index contributed by atoms with van der Waals surface area (Å²) < 4.78 is 0. The molecule has 0 atom stereocenters. The molecule has 0 spiro atoms. The summed E-state index contributed by atoms with van der Waals surface area (Å²) in [5.74, 6) is 0.956. The first-order chi connectivity index (χ1) is 8.81. The molecule has 0 aliphatic carbocycles. The number of likely N-dealkylation sites (N-methyl/N-ethyl adjacent to an activating group) is 1. The first-order valence-corrected chi connectivity index (χ1v) is 7.67. The monoisotopic (exact) mass is 252 g/mol. The third-order valence-corrected chi connectivity index (χ3v) is 4.94. The van der Waals surface area contributed by atoms with E-state index in [2.05, 4.69) is 27.1 Å². The van der Waals surface area contributed by atoms with Crippen LogP contribution in [0.25, 0.3) is 0 Å². The molecule has 0 saturated carbocycles. The molecule has 18 heavy (non-hydrogen) atoms. The first-order valence-electron chi connectivity index (χ1n) is 7.67. The minimum Gasteiger partial charge on any atom is -0.314 e. The van der Waals surface area contributed by atoms with Gasteiger partial charge in [0, 0.05) is 51.9 Å². The number of nitrogens with zero attached hydrogens (tertiary/aromatic N) is 3. The Hall–Kier alpha value is -0.160. The summed E-state index contributed by atoms with van der Waals surface area (Å²) in [6.45, 7) is 11.5. The molecule has 0 bridgehead atoms. The van der Waals surface area contributed by atoms with Gasteiger partial charge in [0.1, 0.15) is 0 Å². The highest BCUT2D eigenvalue weighted by atomic mass is 15.3. The van der Waals surface area contributed by atoms with Gasteiger partial charge in [0.05, 0.1) is 0 Å². The van der Waals surface area contributed by atoms with Crippen LogP contribution in [0.15, 0.2) is 0 Å². The number of hydrogen-bond acceptors (Lipinski definition) is 4. The Kier molecular flexibility index (Phi) is 4.19. The van der Waals surface area contributed by atoms with Gasteiger partial charge in [0.25, 0.3) is 0 Å². The van der Waals surface area contributed by atoms with Gasteiger partial charge in [-0.15, -0.1) is 0 Å². The zero-order valence-corrected chi connectivity index (χ0v) is 11.8. The number of nitrogens with one attached hydrogen (secondary N) is 1. The standard InChI is InChI=1S/C14H28N4/c1-16-11-14(12-16)18-6-2-13(3-7-18)10-17-8-4-15-5-9-17/h13-15H,2-12H2,1H3. The van der Waals surface area contributed by atoms with Gasteiger partial charge in [0.2, 0.25) is 0 Å². The van der Waals surface area contributed by atoms with E-state index in [4.69, 9.17) is 0 Å². The molecular formula is C14H28N4. The highest BCUT2D eigenvalue weighted by Gasteiger charge is 2.32. The molecule has 4 nitrogen and oxygen atoms in total. The van der Waals surface area contributed by atoms with E-state index in [9.17, 15) is 0 Å². The van der Waals surface area contributed by atoms with Gasteiger partial charge < -0.3 is 15.1 Å². The number of piperidine rings is 1. The molecule has 3 saturated heterocycles. The van der Waals surface area contributed by atoms with E-state index >= 15 is 0 Å². The second kappa shape index (κ2) is 5.87. The van der Waals surface area contributed by atoms with Gasteiger partial charge in [-0.1, -0.05) is 0 Å². The number of piperazine rings is 1. The average molecular weight is 252 g/mol. The molecule has 3 heterocycles. The summed E-state index contributed by atoms with van der Waals surface area (Å²) in [4.78, 5) is 7.82. The van der Waals surface area contributed by atoms with Gasteiger partial charge >= 0.3 is 0 Å². The van der Waals surface area contributed by atoms with Crippen molar-refractivity contribution >= 4 is 0 Å². The molecule has 0 aromatic carbocycles. The van der Waals surface area contributed by atoms with Crippen LogP contribution in [-0.4, -0.2) is 86.7 Å². The zero-order chi connectivity index (χ0) is 12.4. The van der Waals surface area contributed by atoms with Crippen LogP contribution in [0.4, 0.5) is 0 Å². The average Bonchev–Trinajstić information content (AvgIpc) is 2.38. The maximum absolute atomic E-state index is 3.44. The van der Waals surface area contributed by atoms with E-state index < -0.39 is 0 Å². The maximum atomic E-state index is 3.44. The van der Waals surface area contributed by atoms with Crippen LogP contribution < -0.4 is 5.32 Å². The second-order valence-electron chi connectivity index (χ2n) is 6.40. The number of likely N-dealkylation sites (tertiary alicyclic amines) is 2.